The van der Waals surface area contributed by atoms with Crippen LogP contribution in [-0.4, -0.2) is 189 Å². The quantitative estimate of drug-likeness (QED) is 0.0273. The van der Waals surface area contributed by atoms with Crippen LogP contribution in [-0.2, 0) is 76.7 Å². The lowest BCUT2D eigenvalue weighted by Crippen LogP contribution is -2.60. The second-order valence-corrected chi connectivity index (χ2v) is 15.8. The molecular formula is C40H58N8O25. The highest BCUT2D eigenvalue weighted by Gasteiger charge is 2.35. The van der Waals surface area contributed by atoms with Crippen LogP contribution in [0.2, 0.25) is 0 Å². The SMILES string of the molecule is N[C@H](CCC(=O)O)C(=O)N[C@H](CCC(=O)O)C(=O)N[C@H](CCC(=O)O)C(=O)N[C@H](CCC(=O)O)C(=O)N[C@H](CCC(=O)O)C(=O)N[C@H](CCC(=O)O)C(=O)N[C@H](CCC(=O)O)C(=O)N[C@H](CCC(=O)O)C(=O)O. The summed E-state index contributed by atoms with van der Waals surface area (Å²) in [5, 5.41) is 97.6. The minimum atomic E-state index is -2.06. The predicted molar refractivity (Wildman–Crippen MR) is 234 cm³/mol. The van der Waals surface area contributed by atoms with Crippen molar-refractivity contribution in [2.24, 2.45) is 5.73 Å². The molecule has 73 heavy (non-hydrogen) atoms. The first-order valence-electron chi connectivity index (χ1n) is 21.8. The smallest absolute Gasteiger partial charge is 0.326 e. The Balaban J connectivity index is 6.91. The Morgan fingerprint density at radius 1 is 0.247 bits per heavy atom. The zero-order valence-corrected chi connectivity index (χ0v) is 38.6. The molecule has 33 heteroatoms. The van der Waals surface area contributed by atoms with Crippen molar-refractivity contribution in [2.75, 3.05) is 0 Å². The van der Waals surface area contributed by atoms with Crippen molar-refractivity contribution in [3.05, 3.63) is 0 Å². The van der Waals surface area contributed by atoms with Crippen molar-refractivity contribution in [1.29, 1.82) is 0 Å². The van der Waals surface area contributed by atoms with E-state index >= 15 is 0 Å². The fourth-order valence-corrected chi connectivity index (χ4v) is 6.07. The van der Waals surface area contributed by atoms with Crippen LogP contribution < -0.4 is 43.0 Å². The Bertz CT molecular complexity index is 2080. The predicted octanol–water partition coefficient (Wildman–Crippen LogP) is -5.29. The summed E-state index contributed by atoms with van der Waals surface area (Å²) in [6.07, 6.45) is -12.5. The third-order valence-electron chi connectivity index (χ3n) is 9.95. The number of carbonyl (C=O) groups excluding carboxylic acids is 7. The van der Waals surface area contributed by atoms with E-state index in [0.29, 0.717) is 0 Å². The largest absolute Gasteiger partial charge is 0.481 e. The zero-order chi connectivity index (χ0) is 56.1. The minimum Gasteiger partial charge on any atom is -0.481 e. The van der Waals surface area contributed by atoms with E-state index < -0.39 is 246 Å². The van der Waals surface area contributed by atoms with Gasteiger partial charge >= 0.3 is 53.7 Å². The van der Waals surface area contributed by atoms with Gasteiger partial charge in [0.05, 0.1) is 6.04 Å². The van der Waals surface area contributed by atoms with Crippen LogP contribution in [0.15, 0.2) is 0 Å². The average Bonchev–Trinajstić information content (AvgIpc) is 3.28. The standard InChI is InChI=1S/C40H58N8O25/c41-17(1-9-25(49)50)33(65)42-18(2-10-26(51)52)34(66)43-19(3-11-27(53)54)35(67)44-20(4-12-28(55)56)36(68)45-21(5-13-29(57)58)37(69)46-22(6-14-30(59)60)38(70)47-23(7-15-31(61)62)39(71)48-24(40(72)73)8-16-32(63)64/h17-24H,1-16,41H2,(H,42,65)(H,43,66)(H,44,67)(H,45,68)(H,46,69)(H,47,70)(H,48,71)(H,49,50)(H,51,52)(H,53,54)(H,55,56)(H,57,58)(H,59,60)(H,61,62)(H,63,64)(H,72,73)/t17-,18-,19-,20-,21-,22-,23-,24-/m1/s1. The number of rotatable bonds is 39. The number of carboxylic acids is 9. The molecule has 0 radical (unpaired) electrons. The maximum absolute atomic E-state index is 13.8. The molecule has 0 aromatic rings. The molecule has 0 rings (SSSR count). The Hall–Kier alpha value is -8.52. The Labute approximate surface area is 411 Å². The van der Waals surface area contributed by atoms with Gasteiger partial charge in [-0.2, -0.15) is 0 Å². The van der Waals surface area contributed by atoms with Crippen molar-refractivity contribution in [1.82, 2.24) is 37.2 Å². The van der Waals surface area contributed by atoms with Crippen LogP contribution in [0.3, 0.4) is 0 Å². The molecule has 0 aromatic heterocycles. The molecule has 0 aliphatic rings. The normalized spacial score (nSPS) is 14.0. The molecule has 0 saturated heterocycles. The molecule has 0 spiro atoms. The van der Waals surface area contributed by atoms with E-state index in [0.717, 1.165) is 0 Å². The van der Waals surface area contributed by atoms with Gasteiger partial charge < -0.3 is 88.9 Å². The number of hydrogen-bond acceptors (Lipinski definition) is 17. The summed E-state index contributed by atoms with van der Waals surface area (Å²) < 4.78 is 0. The van der Waals surface area contributed by atoms with Crippen molar-refractivity contribution >= 4 is 95.1 Å². The van der Waals surface area contributed by atoms with E-state index in [-0.39, 0.29) is 0 Å². The third-order valence-corrected chi connectivity index (χ3v) is 9.95. The van der Waals surface area contributed by atoms with Gasteiger partial charge in [-0.1, -0.05) is 0 Å². The molecule has 0 aliphatic heterocycles. The highest BCUT2D eigenvalue weighted by atomic mass is 16.4. The number of nitrogens with one attached hydrogen (secondary N) is 7. The van der Waals surface area contributed by atoms with Crippen LogP contribution >= 0.6 is 0 Å². The molecule has 8 atom stereocenters. The lowest BCUT2D eigenvalue weighted by molar-refractivity contribution is -0.144. The number of hydrogen-bond donors (Lipinski definition) is 17. The van der Waals surface area contributed by atoms with Gasteiger partial charge in [0.1, 0.15) is 42.3 Å². The van der Waals surface area contributed by atoms with Gasteiger partial charge in [-0.05, 0) is 51.4 Å². The molecule has 0 unspecified atom stereocenters. The first kappa shape index (κ1) is 64.5. The van der Waals surface area contributed by atoms with Crippen molar-refractivity contribution in [3.63, 3.8) is 0 Å². The number of carbonyl (C=O) groups is 16. The number of nitrogens with two attached hydrogens (primary N) is 1. The first-order chi connectivity index (χ1) is 33.9. The van der Waals surface area contributed by atoms with Crippen molar-refractivity contribution < 1.29 is 123 Å². The summed E-state index contributed by atoms with van der Waals surface area (Å²) in [7, 11) is 0. The fourth-order valence-electron chi connectivity index (χ4n) is 6.07. The van der Waals surface area contributed by atoms with E-state index in [4.69, 9.17) is 15.9 Å². The molecule has 0 bridgehead atoms. The molecule has 0 heterocycles. The Morgan fingerprint density at radius 2 is 0.397 bits per heavy atom. The van der Waals surface area contributed by atoms with E-state index in [1.165, 1.54) is 0 Å². The van der Waals surface area contributed by atoms with Gasteiger partial charge in [-0.15, -0.1) is 0 Å². The van der Waals surface area contributed by atoms with Gasteiger partial charge in [0.15, 0.2) is 0 Å². The van der Waals surface area contributed by atoms with Gasteiger partial charge in [0.2, 0.25) is 41.4 Å². The number of carboxylic acid groups (broad SMARTS) is 9. The Kier molecular flexibility index (Phi) is 29.3. The topological polar surface area (TPSA) is 565 Å². The van der Waals surface area contributed by atoms with Crippen LogP contribution in [0.4, 0.5) is 0 Å². The van der Waals surface area contributed by atoms with Crippen LogP contribution in [0.1, 0.15) is 103 Å². The van der Waals surface area contributed by atoms with Crippen LogP contribution in [0, 0.1) is 0 Å². The summed E-state index contributed by atoms with van der Waals surface area (Å²) >= 11 is 0. The van der Waals surface area contributed by atoms with E-state index in [9.17, 15) is 112 Å². The summed E-state index contributed by atoms with van der Waals surface area (Å²) in [5.74, 6) is -23.4. The van der Waals surface area contributed by atoms with Gasteiger partial charge in [-0.25, -0.2) is 4.79 Å². The van der Waals surface area contributed by atoms with Crippen LogP contribution in [0.25, 0.3) is 0 Å². The number of amides is 7. The second kappa shape index (κ2) is 33.1. The van der Waals surface area contributed by atoms with Crippen molar-refractivity contribution in [3.8, 4) is 0 Å². The lowest BCUT2D eigenvalue weighted by atomic mass is 10.0. The third kappa shape index (κ3) is 28.7. The zero-order valence-electron chi connectivity index (χ0n) is 38.6. The molecule has 0 aliphatic carbocycles. The second-order valence-electron chi connectivity index (χ2n) is 15.8. The molecule has 0 aromatic carbocycles. The van der Waals surface area contributed by atoms with Gasteiger partial charge in [0.25, 0.3) is 0 Å². The lowest BCUT2D eigenvalue weighted by Gasteiger charge is -2.27. The Morgan fingerprint density at radius 3 is 0.575 bits per heavy atom. The highest BCUT2D eigenvalue weighted by molar-refractivity contribution is 5.98. The number of aliphatic carboxylic acids is 9. The summed E-state index contributed by atoms with van der Waals surface area (Å²) in [6, 6.07) is -15.3. The van der Waals surface area contributed by atoms with Gasteiger partial charge in [-0.3, -0.25) is 71.9 Å². The highest BCUT2D eigenvalue weighted by Crippen LogP contribution is 2.11. The van der Waals surface area contributed by atoms with E-state index in [1.54, 1.807) is 0 Å². The summed E-state index contributed by atoms with van der Waals surface area (Å²) in [5.41, 5.74) is 5.68. The summed E-state index contributed by atoms with van der Waals surface area (Å²) in [6.45, 7) is 0. The van der Waals surface area contributed by atoms with Crippen molar-refractivity contribution in [2.45, 2.75) is 151 Å². The van der Waals surface area contributed by atoms with E-state index in [2.05, 4.69) is 16.0 Å². The molecule has 33 nitrogen and oxygen atoms in total. The maximum Gasteiger partial charge on any atom is 0.326 e. The molecule has 18 N–H and O–H groups in total. The first-order valence-corrected chi connectivity index (χ1v) is 21.8. The maximum atomic E-state index is 13.8. The van der Waals surface area contributed by atoms with Crippen LogP contribution in [0.5, 0.6) is 0 Å². The van der Waals surface area contributed by atoms with Gasteiger partial charge in [0, 0.05) is 51.4 Å². The minimum absolute atomic E-state index is 0.439. The molecule has 7 amide bonds. The molecular weight excluding hydrogens is 992 g/mol. The fraction of sp³-hybridized carbons (Fsp3) is 0.600. The monoisotopic (exact) mass is 1050 g/mol. The molecule has 408 valence electrons. The molecule has 0 fully saturated rings. The van der Waals surface area contributed by atoms with E-state index in [1.807, 2.05) is 21.3 Å². The molecule has 0 saturated carbocycles. The average molecular weight is 1050 g/mol. The summed E-state index contributed by atoms with van der Waals surface area (Å²) in [4.78, 5) is 197.